The number of ether oxygens (including phenoxy) is 2. The molecular weight excluding hydrogens is 513 g/mol. The molecule has 11 heteroatoms. The van der Waals surface area contributed by atoms with Gasteiger partial charge in [0.05, 0.1) is 17.8 Å². The van der Waals surface area contributed by atoms with Crippen molar-refractivity contribution in [1.82, 2.24) is 24.5 Å². The minimum atomic E-state index is -0.618. The van der Waals surface area contributed by atoms with Crippen molar-refractivity contribution in [2.75, 3.05) is 17.7 Å². The molecule has 1 aliphatic rings. The van der Waals surface area contributed by atoms with Crippen molar-refractivity contribution in [2.45, 2.75) is 20.3 Å². The molecule has 4 heterocycles. The van der Waals surface area contributed by atoms with Crippen LogP contribution in [0.1, 0.15) is 16.8 Å². The maximum atomic E-state index is 15.5. The van der Waals surface area contributed by atoms with Gasteiger partial charge in [-0.25, -0.2) is 24.3 Å². The van der Waals surface area contributed by atoms with E-state index in [0.717, 1.165) is 16.7 Å². The van der Waals surface area contributed by atoms with Gasteiger partial charge in [0.15, 0.2) is 17.4 Å². The van der Waals surface area contributed by atoms with Crippen LogP contribution in [0.25, 0.3) is 28.0 Å². The Morgan fingerprint density at radius 1 is 1.20 bits per heavy atom. The van der Waals surface area contributed by atoms with Crippen LogP contribution in [0.2, 0.25) is 0 Å². The standard InChI is InChI=1S/C29H24FN7O3/c1-4-23(38)36-21-7-6-19(27-18(21)10-12-39-27)25-16(3)24-26(28(31)34-14-33-24)37(25)17-5-8-22(20(30)13-17)40-29-32-11-9-15(2)35-29/h4-9,11,13-14H,1,10,12H2,2-3H3,(H,36,38)(H2,31,33,34). The lowest BCUT2D eigenvalue weighted by molar-refractivity contribution is -0.111. The summed E-state index contributed by atoms with van der Waals surface area (Å²) in [6, 6.07) is 10.0. The van der Waals surface area contributed by atoms with E-state index >= 15 is 4.39 Å². The Bertz CT molecular complexity index is 1830. The summed E-state index contributed by atoms with van der Waals surface area (Å²) >= 11 is 0. The fourth-order valence-corrected chi connectivity index (χ4v) is 4.93. The topological polar surface area (TPSA) is 130 Å². The van der Waals surface area contributed by atoms with Crippen molar-refractivity contribution < 1.29 is 18.7 Å². The van der Waals surface area contributed by atoms with Crippen LogP contribution < -0.4 is 20.5 Å². The number of benzene rings is 2. The first-order chi connectivity index (χ1) is 19.4. The number of anilines is 2. The number of carbonyl (C=O) groups is 1. The predicted molar refractivity (Wildman–Crippen MR) is 148 cm³/mol. The number of hydrogen-bond donors (Lipinski definition) is 2. The molecule has 0 radical (unpaired) electrons. The summed E-state index contributed by atoms with van der Waals surface area (Å²) in [4.78, 5) is 28.9. The number of carbonyl (C=O) groups excluding carboxylic acids is 1. The van der Waals surface area contributed by atoms with E-state index in [1.165, 1.54) is 24.5 Å². The Balaban J connectivity index is 1.53. The molecule has 3 aromatic heterocycles. The van der Waals surface area contributed by atoms with Gasteiger partial charge in [-0.3, -0.25) is 4.79 Å². The van der Waals surface area contributed by atoms with E-state index < -0.39 is 5.82 Å². The SMILES string of the molecule is C=CC(=O)Nc1ccc(-c2c(C)c3ncnc(N)c3n2-c2ccc(Oc3nccc(C)n3)c(F)c2)c2c1CCO2. The zero-order chi connectivity index (χ0) is 28.0. The van der Waals surface area contributed by atoms with Crippen LogP contribution >= 0.6 is 0 Å². The molecular formula is C29H24FN7O3. The first kappa shape index (κ1) is 25.0. The number of nitrogens with zero attached hydrogens (tertiary/aromatic N) is 5. The molecule has 6 rings (SSSR count). The summed E-state index contributed by atoms with van der Waals surface area (Å²) in [5.41, 5.74) is 12.4. The zero-order valence-electron chi connectivity index (χ0n) is 21.7. The van der Waals surface area contributed by atoms with E-state index in [-0.39, 0.29) is 23.5 Å². The average molecular weight is 538 g/mol. The van der Waals surface area contributed by atoms with Crippen molar-refractivity contribution in [3.05, 3.63) is 84.2 Å². The van der Waals surface area contributed by atoms with E-state index in [1.807, 2.05) is 23.6 Å². The predicted octanol–water partition coefficient (Wildman–Crippen LogP) is 5.07. The number of aromatic nitrogens is 5. The quantitative estimate of drug-likeness (QED) is 0.287. The molecule has 0 bridgehead atoms. The van der Waals surface area contributed by atoms with Crippen LogP contribution in [0.5, 0.6) is 17.5 Å². The van der Waals surface area contributed by atoms with Crippen molar-refractivity contribution >= 4 is 28.4 Å². The molecule has 0 spiro atoms. The zero-order valence-corrected chi connectivity index (χ0v) is 21.7. The third-order valence-electron chi connectivity index (χ3n) is 6.71. The highest BCUT2D eigenvalue weighted by molar-refractivity contribution is 6.01. The van der Waals surface area contributed by atoms with Crippen LogP contribution in [0, 0.1) is 19.7 Å². The molecule has 0 saturated heterocycles. The number of nitrogens with two attached hydrogens (primary N) is 1. The summed E-state index contributed by atoms with van der Waals surface area (Å²) in [7, 11) is 0. The van der Waals surface area contributed by atoms with Gasteiger partial charge in [-0.15, -0.1) is 0 Å². The second-order valence-corrected chi connectivity index (χ2v) is 9.22. The Morgan fingerprint density at radius 2 is 2.05 bits per heavy atom. The number of aryl methyl sites for hydroxylation is 2. The lowest BCUT2D eigenvalue weighted by Crippen LogP contribution is -2.09. The lowest BCUT2D eigenvalue weighted by Gasteiger charge is -2.17. The van der Waals surface area contributed by atoms with Gasteiger partial charge in [0, 0.05) is 52.4 Å². The van der Waals surface area contributed by atoms with Gasteiger partial charge in [0.2, 0.25) is 5.91 Å². The van der Waals surface area contributed by atoms with Crippen molar-refractivity contribution in [1.29, 1.82) is 0 Å². The van der Waals surface area contributed by atoms with Gasteiger partial charge in [0.25, 0.3) is 0 Å². The second kappa shape index (κ2) is 9.77. The highest BCUT2D eigenvalue weighted by atomic mass is 19.1. The van der Waals surface area contributed by atoms with Gasteiger partial charge in [0.1, 0.15) is 17.6 Å². The van der Waals surface area contributed by atoms with Crippen LogP contribution in [0.4, 0.5) is 15.9 Å². The Labute approximate surface area is 228 Å². The molecule has 0 unspecified atom stereocenters. The highest BCUT2D eigenvalue weighted by Gasteiger charge is 2.28. The second-order valence-electron chi connectivity index (χ2n) is 9.22. The van der Waals surface area contributed by atoms with E-state index in [0.29, 0.717) is 52.6 Å². The maximum Gasteiger partial charge on any atom is 0.322 e. The van der Waals surface area contributed by atoms with Crippen molar-refractivity contribution in [2.24, 2.45) is 0 Å². The van der Waals surface area contributed by atoms with Crippen molar-refractivity contribution in [3.8, 4) is 34.5 Å². The van der Waals surface area contributed by atoms with E-state index in [4.69, 9.17) is 15.2 Å². The van der Waals surface area contributed by atoms with Crippen LogP contribution in [-0.2, 0) is 11.2 Å². The highest BCUT2D eigenvalue weighted by Crippen LogP contribution is 2.45. The first-order valence-electron chi connectivity index (χ1n) is 12.5. The molecule has 10 nitrogen and oxygen atoms in total. The van der Waals surface area contributed by atoms with Gasteiger partial charge < -0.3 is 25.1 Å². The van der Waals surface area contributed by atoms with E-state index in [9.17, 15) is 4.79 Å². The smallest absolute Gasteiger partial charge is 0.322 e. The summed E-state index contributed by atoms with van der Waals surface area (Å²) in [6.07, 6.45) is 4.76. The molecule has 40 heavy (non-hydrogen) atoms. The fourth-order valence-electron chi connectivity index (χ4n) is 4.93. The van der Waals surface area contributed by atoms with Gasteiger partial charge in [-0.05, 0) is 50.3 Å². The van der Waals surface area contributed by atoms with Crippen LogP contribution in [0.15, 0.2) is 61.6 Å². The molecule has 3 N–H and O–H groups in total. The fraction of sp³-hybridized carbons (Fsp3) is 0.138. The third kappa shape index (κ3) is 4.17. The maximum absolute atomic E-state index is 15.5. The normalized spacial score (nSPS) is 12.2. The minimum Gasteiger partial charge on any atom is -0.492 e. The number of rotatable bonds is 6. The molecule has 2 aromatic carbocycles. The number of hydrogen-bond acceptors (Lipinski definition) is 8. The molecule has 0 fully saturated rings. The van der Waals surface area contributed by atoms with Crippen molar-refractivity contribution in [3.63, 3.8) is 0 Å². The summed E-state index contributed by atoms with van der Waals surface area (Å²) in [5, 5.41) is 2.84. The van der Waals surface area contributed by atoms with Crippen LogP contribution in [0.3, 0.4) is 0 Å². The average Bonchev–Trinajstić information content (AvgIpc) is 3.55. The number of nitrogen functional groups attached to an aromatic ring is 1. The van der Waals surface area contributed by atoms with Gasteiger partial charge in [-0.1, -0.05) is 6.58 Å². The number of nitrogens with one attached hydrogen (secondary N) is 1. The summed E-state index contributed by atoms with van der Waals surface area (Å²) < 4.78 is 29.0. The largest absolute Gasteiger partial charge is 0.492 e. The Kier molecular flexibility index (Phi) is 6.10. The van der Waals surface area contributed by atoms with Crippen LogP contribution in [-0.4, -0.2) is 37.0 Å². The van der Waals surface area contributed by atoms with Gasteiger partial charge in [-0.2, -0.15) is 0 Å². The molecule has 5 aromatic rings. The molecule has 0 saturated carbocycles. The molecule has 200 valence electrons. The summed E-state index contributed by atoms with van der Waals surface area (Å²) in [5.74, 6) is -0.102. The van der Waals surface area contributed by atoms with E-state index in [1.54, 1.807) is 25.3 Å². The molecule has 0 aliphatic carbocycles. The molecule has 1 amide bonds. The number of fused-ring (bicyclic) bond motifs is 2. The first-order valence-corrected chi connectivity index (χ1v) is 12.5. The lowest BCUT2D eigenvalue weighted by atomic mass is 10.0. The Morgan fingerprint density at radius 3 is 2.83 bits per heavy atom. The minimum absolute atomic E-state index is 0.0279. The Hall–Kier alpha value is -5.32. The number of amides is 1. The third-order valence-corrected chi connectivity index (χ3v) is 6.71. The molecule has 0 atom stereocenters. The summed E-state index contributed by atoms with van der Waals surface area (Å²) in [6.45, 7) is 7.69. The van der Waals surface area contributed by atoms with E-state index in [2.05, 4.69) is 31.8 Å². The van der Waals surface area contributed by atoms with Gasteiger partial charge >= 0.3 is 6.01 Å². The monoisotopic (exact) mass is 537 g/mol. The molecule has 1 aliphatic heterocycles. The number of halogens is 1.